The molecule has 0 aliphatic rings. The topological polar surface area (TPSA) is 453 Å². The zero-order chi connectivity index (χ0) is 87.0. The van der Waals surface area contributed by atoms with E-state index in [9.17, 15) is 67.6 Å². The van der Waals surface area contributed by atoms with Gasteiger partial charge in [0.15, 0.2) is 0 Å². The Morgan fingerprint density at radius 1 is 0.405 bits per heavy atom. The average Bonchev–Trinajstić information content (AvgIpc) is 0.776. The summed E-state index contributed by atoms with van der Waals surface area (Å²) >= 11 is 12.8. The highest BCUT2D eigenvalue weighted by molar-refractivity contribution is 6.34. The van der Waals surface area contributed by atoms with Gasteiger partial charge < -0.3 is 98.6 Å². The number of ether oxygens (including phenoxy) is 6. The lowest BCUT2D eigenvalue weighted by molar-refractivity contribution is 0.0538. The molecule has 0 fully saturated rings. The lowest BCUT2D eigenvalue weighted by Crippen LogP contribution is -2.28. The molecule has 10 N–H and O–H groups in total. The molecule has 4 heterocycles. The molecule has 0 aliphatic heterocycles. The largest absolute Gasteiger partial charge is 0.477 e. The van der Waals surface area contributed by atoms with Crippen LogP contribution < -0.4 is 43.0 Å². The van der Waals surface area contributed by atoms with Crippen LogP contribution in [-0.2, 0) is 50.6 Å². The number of carboxylic acids is 4. The van der Waals surface area contributed by atoms with Gasteiger partial charge in [-0.2, -0.15) is 15.8 Å². The first-order chi connectivity index (χ1) is 54.6. The van der Waals surface area contributed by atoms with Crippen molar-refractivity contribution in [2.75, 3.05) is 140 Å². The van der Waals surface area contributed by atoms with Crippen LogP contribution in [0.15, 0.2) is 105 Å². The number of hydrogen-bond acceptors (Lipinski definition) is 23. The molecular weight excluding hydrogens is 1560 g/mol. The van der Waals surface area contributed by atoms with E-state index in [0.717, 1.165) is 12.1 Å². The first kappa shape index (κ1) is 97.5. The van der Waals surface area contributed by atoms with Gasteiger partial charge >= 0.3 is 23.9 Å². The first-order valence-corrected chi connectivity index (χ1v) is 37.2. The van der Waals surface area contributed by atoms with Gasteiger partial charge in [-0.15, -0.1) is 0 Å². The number of pyridine rings is 4. The number of aromatic nitrogens is 4. The van der Waals surface area contributed by atoms with Crippen molar-refractivity contribution in [3.63, 3.8) is 0 Å². The third-order valence-electron chi connectivity index (χ3n) is 16.5. The lowest BCUT2D eigenvalue weighted by atomic mass is 10.0. The third-order valence-corrected chi connectivity index (χ3v) is 17.1. The summed E-state index contributed by atoms with van der Waals surface area (Å²) in [7, 11) is 0. The van der Waals surface area contributed by atoms with E-state index in [1.807, 2.05) is 95.2 Å². The highest BCUT2D eigenvalue weighted by Crippen LogP contribution is 2.34. The molecule has 0 saturated carbocycles. The van der Waals surface area contributed by atoms with Gasteiger partial charge in [0.25, 0.3) is 0 Å². The number of nitriles is 3. The minimum absolute atomic E-state index is 0.0126. The maximum Gasteiger partial charge on any atom is 0.341 e. The number of aromatic carboxylic acids is 4. The number of allylic oxidation sites excluding steroid dienone is 1. The number of nitrogens with one attached hydrogen (secondary N) is 4. The number of aliphatic hydroxyl groups is 2. The molecule has 0 aliphatic carbocycles. The van der Waals surface area contributed by atoms with Crippen LogP contribution in [0.3, 0.4) is 0 Å². The second-order valence-corrected chi connectivity index (χ2v) is 30.1. The molecule has 0 bridgehead atoms. The fourth-order valence-corrected chi connectivity index (χ4v) is 11.4. The van der Waals surface area contributed by atoms with E-state index in [2.05, 4.69) is 27.8 Å². The molecule has 0 atom stereocenters. The summed E-state index contributed by atoms with van der Waals surface area (Å²) in [6, 6.07) is 17.3. The van der Waals surface area contributed by atoms with Crippen LogP contribution in [-0.4, -0.2) is 191 Å². The highest BCUT2D eigenvalue weighted by Gasteiger charge is 2.27. The Morgan fingerprint density at radius 3 is 0.871 bits per heavy atom. The zero-order valence-electron chi connectivity index (χ0n) is 66.9. The van der Waals surface area contributed by atoms with Crippen LogP contribution in [0.4, 0.5) is 31.5 Å². The van der Waals surface area contributed by atoms with Crippen LogP contribution in [0.25, 0.3) is 43.6 Å². The lowest BCUT2D eigenvalue weighted by Gasteiger charge is -2.26. The fourth-order valence-electron chi connectivity index (χ4n) is 11.0. The fraction of sp³-hybridized carbons (Fsp3) is 0.444. The van der Waals surface area contributed by atoms with Gasteiger partial charge in [-0.05, 0) is 132 Å². The Labute approximate surface area is 678 Å². The number of aliphatic hydroxyl groups excluding tert-OH is 2. The van der Waals surface area contributed by atoms with Gasteiger partial charge in [-0.1, -0.05) is 29.8 Å². The van der Waals surface area contributed by atoms with Crippen molar-refractivity contribution in [2.45, 2.75) is 118 Å². The van der Waals surface area contributed by atoms with Crippen LogP contribution >= 0.6 is 23.2 Å². The standard InChI is InChI=1S/C21H26ClN3O5.C21H26FN3O5.C18H23ClN2O5.C18H23FN2O5.C3H3N/c1-21(2,3)25-13-15(20(27)28)19(26)14-11-17(16(22)12-18(14)25)24-6-8-30-10-9-29-7-4-5-23;1-21(2,3)25-13-15(20(27)28)19(26)14-11-16(22)17(12-18(14)25)24-6-8-30-10-9-29-7-4-5-23;1-18(2,3)21-10-12(17(24)25)16(23)11-8-14(13(19)9-15(11)21)20-4-6-26-7-5-22;1-18(2,3)21-10-12(17(24)25)16(23)11-8-13(19)14(9-15(11)21)20-4-6-26-7-5-22;1-2-3-4/h2*11-13,24H,4,6-10H2,1-3H3,(H,27,28);2*8-10,20,22H,4-7H2,1-3H3,(H,24,25);2H,1H2. The van der Waals surface area contributed by atoms with Gasteiger partial charge in [-0.3, -0.25) is 19.2 Å². The van der Waals surface area contributed by atoms with Crippen molar-refractivity contribution in [1.29, 1.82) is 15.8 Å². The predicted octanol–water partition coefficient (Wildman–Crippen LogP) is 11.7. The summed E-state index contributed by atoms with van der Waals surface area (Å²) in [5.74, 6) is -6.54. The first-order valence-electron chi connectivity index (χ1n) is 36.5. The minimum Gasteiger partial charge on any atom is -0.477 e. The molecule has 0 radical (unpaired) electrons. The number of anilines is 4. The zero-order valence-corrected chi connectivity index (χ0v) is 68.4. The van der Waals surface area contributed by atoms with E-state index < -0.39 is 90.5 Å². The Morgan fingerprint density at radius 2 is 0.638 bits per heavy atom. The van der Waals surface area contributed by atoms with Crippen LogP contribution in [0.1, 0.15) is 137 Å². The minimum atomic E-state index is -1.35. The van der Waals surface area contributed by atoms with Gasteiger partial charge in [0.2, 0.25) is 21.7 Å². The number of halogens is 4. The SMILES string of the molecule is C=CC#N.CC(C)(C)n1cc(C(=O)O)c(=O)c2cc(F)c(NCCOCCO)cc21.CC(C)(C)n1cc(C(=O)O)c(=O)c2cc(F)c(NCCOCCOCCC#N)cc21.CC(C)(C)n1cc(C(=O)O)c(=O)c2cc(NCCOCCO)c(Cl)cc21.CC(C)(C)n1cc(C(=O)O)c(=O)c2cc(NCCOCCOCCC#N)c(Cl)cc21. The Balaban J connectivity index is 0.000000321. The Kier molecular flexibility index (Phi) is 38.7. The van der Waals surface area contributed by atoms with Crippen molar-refractivity contribution >= 4 is 113 Å². The molecule has 4 aromatic heterocycles. The van der Waals surface area contributed by atoms with E-state index in [1.54, 1.807) is 48.6 Å². The third kappa shape index (κ3) is 28.5. The van der Waals surface area contributed by atoms with Crippen LogP contribution in [0.5, 0.6) is 0 Å². The van der Waals surface area contributed by atoms with Gasteiger partial charge in [-0.25, -0.2) is 28.0 Å². The Hall–Kier alpha value is -10.9. The Bertz CT molecular complexity index is 5160. The van der Waals surface area contributed by atoms with E-state index in [1.165, 1.54) is 43.0 Å². The van der Waals surface area contributed by atoms with Crippen molar-refractivity contribution in [3.8, 4) is 18.2 Å². The predicted molar refractivity (Wildman–Crippen MR) is 440 cm³/mol. The number of benzene rings is 4. The van der Waals surface area contributed by atoms with Crippen LogP contribution in [0, 0.1) is 45.6 Å². The maximum absolute atomic E-state index is 14.6. The van der Waals surface area contributed by atoms with E-state index in [0.29, 0.717) is 142 Å². The molecule has 8 aromatic rings. The maximum atomic E-state index is 14.6. The van der Waals surface area contributed by atoms with Gasteiger partial charge in [0, 0.05) is 101 Å². The smallest absolute Gasteiger partial charge is 0.341 e. The number of hydrogen-bond donors (Lipinski definition) is 10. The monoisotopic (exact) mass is 1660 g/mol. The summed E-state index contributed by atoms with van der Waals surface area (Å²) in [4.78, 5) is 96.1. The van der Waals surface area contributed by atoms with Crippen molar-refractivity contribution in [1.82, 2.24) is 18.3 Å². The molecule has 0 unspecified atom stereocenters. The van der Waals surface area contributed by atoms with Crippen LogP contribution in [0.2, 0.25) is 10.0 Å². The van der Waals surface area contributed by atoms with Crippen molar-refractivity contribution in [2.24, 2.45) is 0 Å². The summed E-state index contributed by atoms with van der Waals surface area (Å²) in [6.07, 6.45) is 7.17. The van der Waals surface area contributed by atoms with Gasteiger partial charge in [0.1, 0.15) is 33.9 Å². The second-order valence-electron chi connectivity index (χ2n) is 29.2. The summed E-state index contributed by atoms with van der Waals surface area (Å²) in [5, 5.41) is 92.5. The quantitative estimate of drug-likeness (QED) is 0.0132. The average molecular weight is 1660 g/mol. The molecular formula is C81H101Cl2F2N11O20. The summed E-state index contributed by atoms with van der Waals surface area (Å²) in [6.45, 7) is 31.2. The van der Waals surface area contributed by atoms with Crippen molar-refractivity contribution < 1.29 is 87.0 Å². The summed E-state index contributed by atoms with van der Waals surface area (Å²) < 4.78 is 67.3. The molecule has 4 aromatic carbocycles. The number of carbonyl (C=O) groups is 4. The molecule has 35 heteroatoms. The van der Waals surface area contributed by atoms with E-state index >= 15 is 0 Å². The van der Waals surface area contributed by atoms with Crippen molar-refractivity contribution in [3.05, 3.63) is 171 Å². The molecule has 0 spiro atoms. The number of nitrogens with zero attached hydrogens (tertiary/aromatic N) is 7. The molecule has 0 saturated heterocycles. The van der Waals surface area contributed by atoms with Gasteiger partial charge in [0.05, 0.1) is 178 Å². The molecule has 628 valence electrons. The second kappa shape index (κ2) is 46.0. The number of fused-ring (bicyclic) bond motifs is 4. The summed E-state index contributed by atoms with van der Waals surface area (Å²) in [5.41, 5.74) is -2.41. The molecule has 116 heavy (non-hydrogen) atoms. The van der Waals surface area contributed by atoms with E-state index in [-0.39, 0.29) is 77.1 Å². The molecule has 8 rings (SSSR count). The van der Waals surface area contributed by atoms with E-state index in [4.69, 9.17) is 77.6 Å². The normalized spacial score (nSPS) is 11.3. The molecule has 31 nitrogen and oxygen atoms in total. The highest BCUT2D eigenvalue weighted by atomic mass is 35.5. The number of carboxylic acid groups (broad SMARTS) is 4. The number of rotatable bonds is 34. The molecule has 0 amide bonds.